The largest absolute Gasteiger partial charge is 0.493 e. The van der Waals surface area contributed by atoms with Crippen LogP contribution in [0.25, 0.3) is 0 Å². The normalized spacial score (nSPS) is 20.4. The van der Waals surface area contributed by atoms with Gasteiger partial charge in [-0.25, -0.2) is 4.79 Å². The number of β-amino-alcohol motifs (C(OH)–C–C–N with tert-alkyl or cyclic N) is 1. The summed E-state index contributed by atoms with van der Waals surface area (Å²) in [6, 6.07) is 11.0. The number of carbonyl (C=O) groups is 2. The molecule has 0 aromatic heterocycles. The molecule has 0 unspecified atom stereocenters. The van der Waals surface area contributed by atoms with Crippen LogP contribution in [0, 0.1) is 0 Å². The summed E-state index contributed by atoms with van der Waals surface area (Å²) in [5.74, 6) is 0.640. The second kappa shape index (κ2) is 9.27. The number of urea groups is 1. The van der Waals surface area contributed by atoms with Crippen LogP contribution < -0.4 is 14.8 Å². The molecule has 1 saturated heterocycles. The predicted octanol–water partition coefficient (Wildman–Crippen LogP) is 3.12. The number of carbonyl (C=O) groups excluding carboxylic acids is 2. The number of allylic oxidation sites excluding steroid dienone is 1. The summed E-state index contributed by atoms with van der Waals surface area (Å²) in [4.78, 5) is 26.9. The molecule has 2 aromatic rings. The van der Waals surface area contributed by atoms with Crippen molar-refractivity contribution in [2.75, 3.05) is 20.3 Å². The molecule has 1 heterocycles. The maximum absolute atomic E-state index is 13.2. The second-order valence-electron chi connectivity index (χ2n) is 8.75. The van der Waals surface area contributed by atoms with Crippen molar-refractivity contribution < 1.29 is 24.2 Å². The minimum absolute atomic E-state index is 0.0935. The smallest absolute Gasteiger partial charge is 0.325 e. The second-order valence-corrected chi connectivity index (χ2v) is 8.75. The zero-order chi connectivity index (χ0) is 23.6. The van der Waals surface area contributed by atoms with Crippen molar-refractivity contribution in [2.45, 2.75) is 44.2 Å². The molecule has 1 aliphatic carbocycles. The minimum atomic E-state index is -1.15. The summed E-state index contributed by atoms with van der Waals surface area (Å²) in [5.41, 5.74) is 3.17. The van der Waals surface area contributed by atoms with Crippen LogP contribution in [0.1, 0.15) is 35.6 Å². The third-order valence-electron chi connectivity index (χ3n) is 6.38. The third kappa shape index (κ3) is 4.46. The Morgan fingerprint density at radius 1 is 1.18 bits per heavy atom. The first-order valence-corrected chi connectivity index (χ1v) is 11.2. The molecule has 0 spiro atoms. The molecule has 0 saturated carbocycles. The summed E-state index contributed by atoms with van der Waals surface area (Å²) in [7, 11) is 1.54. The SMILES string of the molecule is C=CCc1ccc(OC[C@H](O)CN2C(=O)N[C@@](C)(c3ccc4c(c3)CCC4)C2=O)c(OC)c1. The fraction of sp³-hybridized carbons (Fsp3) is 0.385. The van der Waals surface area contributed by atoms with E-state index in [1.807, 2.05) is 30.3 Å². The number of aliphatic hydroxyl groups excluding tert-OH is 1. The topological polar surface area (TPSA) is 88.1 Å². The molecule has 2 N–H and O–H groups in total. The highest BCUT2D eigenvalue weighted by atomic mass is 16.5. The van der Waals surface area contributed by atoms with Crippen LogP contribution in [0.2, 0.25) is 0 Å². The van der Waals surface area contributed by atoms with Crippen molar-refractivity contribution in [3.8, 4) is 11.5 Å². The molecule has 4 rings (SSSR count). The Balaban J connectivity index is 1.41. The Bertz CT molecular complexity index is 1080. The number of amides is 3. The number of methoxy groups -OCH3 is 1. The van der Waals surface area contributed by atoms with E-state index in [9.17, 15) is 14.7 Å². The predicted molar refractivity (Wildman–Crippen MR) is 124 cm³/mol. The van der Waals surface area contributed by atoms with Crippen LogP contribution in [0.3, 0.4) is 0 Å². The van der Waals surface area contributed by atoms with E-state index in [4.69, 9.17) is 9.47 Å². The molecule has 3 amide bonds. The number of imide groups is 1. The van der Waals surface area contributed by atoms with E-state index < -0.39 is 17.7 Å². The Labute approximate surface area is 194 Å². The maximum Gasteiger partial charge on any atom is 0.325 e. The van der Waals surface area contributed by atoms with Crippen molar-refractivity contribution >= 4 is 11.9 Å². The quantitative estimate of drug-likeness (QED) is 0.453. The first kappa shape index (κ1) is 22.9. The number of aliphatic hydroxyl groups is 1. The number of fused-ring (bicyclic) bond motifs is 1. The molecule has 7 nitrogen and oxygen atoms in total. The van der Waals surface area contributed by atoms with Crippen molar-refractivity contribution in [1.29, 1.82) is 0 Å². The number of nitrogens with one attached hydrogen (secondary N) is 1. The standard InChI is InChI=1S/C26H30N2O5/c1-4-6-17-9-12-22(23(13-17)32-3)33-16-21(29)15-28-24(30)26(2,27-25(28)31)20-11-10-18-7-5-8-19(18)14-20/h4,9-14,21,29H,1,5-8,15-16H2,2-3H3,(H,27,31)/t21-,26+/m1/s1. The van der Waals surface area contributed by atoms with Crippen LogP contribution in [-0.2, 0) is 29.6 Å². The van der Waals surface area contributed by atoms with Crippen molar-refractivity contribution in [2.24, 2.45) is 0 Å². The highest BCUT2D eigenvalue weighted by Gasteiger charge is 2.49. The van der Waals surface area contributed by atoms with Gasteiger partial charge in [-0.3, -0.25) is 9.69 Å². The van der Waals surface area contributed by atoms with Gasteiger partial charge in [0, 0.05) is 0 Å². The number of hydrogen-bond acceptors (Lipinski definition) is 5. The Hall–Kier alpha value is -3.32. The zero-order valence-corrected chi connectivity index (χ0v) is 19.1. The number of hydrogen-bond donors (Lipinski definition) is 2. The van der Waals surface area contributed by atoms with E-state index in [0.717, 1.165) is 35.3 Å². The number of rotatable bonds is 9. The fourth-order valence-corrected chi connectivity index (χ4v) is 4.52. The van der Waals surface area contributed by atoms with Gasteiger partial charge in [0.25, 0.3) is 5.91 Å². The van der Waals surface area contributed by atoms with Gasteiger partial charge < -0.3 is 19.9 Å². The molecule has 174 valence electrons. The zero-order valence-electron chi connectivity index (χ0n) is 19.1. The molecule has 0 bridgehead atoms. The molecular weight excluding hydrogens is 420 g/mol. The Kier molecular flexibility index (Phi) is 6.42. The number of benzene rings is 2. The first-order chi connectivity index (χ1) is 15.9. The van der Waals surface area contributed by atoms with Crippen LogP contribution >= 0.6 is 0 Å². The van der Waals surface area contributed by atoms with Gasteiger partial charge in [0.1, 0.15) is 18.2 Å². The van der Waals surface area contributed by atoms with Gasteiger partial charge in [0.05, 0.1) is 13.7 Å². The van der Waals surface area contributed by atoms with E-state index in [2.05, 4.69) is 11.9 Å². The van der Waals surface area contributed by atoms with E-state index >= 15 is 0 Å². The molecule has 7 heteroatoms. The van der Waals surface area contributed by atoms with Crippen LogP contribution in [0.5, 0.6) is 11.5 Å². The minimum Gasteiger partial charge on any atom is -0.493 e. The average Bonchev–Trinajstić information content (AvgIpc) is 3.36. The molecular formula is C26H30N2O5. The van der Waals surface area contributed by atoms with Gasteiger partial charge in [0.15, 0.2) is 11.5 Å². The molecule has 2 aliphatic rings. The van der Waals surface area contributed by atoms with E-state index in [1.54, 1.807) is 26.2 Å². The van der Waals surface area contributed by atoms with Gasteiger partial charge >= 0.3 is 6.03 Å². The lowest BCUT2D eigenvalue weighted by atomic mass is 9.89. The van der Waals surface area contributed by atoms with Gasteiger partial charge in [-0.05, 0) is 67.0 Å². The number of ether oxygens (including phenoxy) is 2. The summed E-state index contributed by atoms with van der Waals surface area (Å²) < 4.78 is 11.1. The van der Waals surface area contributed by atoms with Gasteiger partial charge in [0.2, 0.25) is 0 Å². The summed E-state index contributed by atoms with van der Waals surface area (Å²) in [6.07, 6.45) is 4.59. The van der Waals surface area contributed by atoms with Crippen LogP contribution in [0.15, 0.2) is 49.1 Å². The summed E-state index contributed by atoms with van der Waals surface area (Å²) in [6.45, 7) is 5.18. The van der Waals surface area contributed by atoms with Gasteiger partial charge in [-0.2, -0.15) is 0 Å². The lowest BCUT2D eigenvalue weighted by Crippen LogP contribution is -2.42. The molecule has 2 aromatic carbocycles. The summed E-state index contributed by atoms with van der Waals surface area (Å²) in [5, 5.41) is 13.3. The molecule has 33 heavy (non-hydrogen) atoms. The molecule has 2 atom stereocenters. The van der Waals surface area contributed by atoms with E-state index in [0.29, 0.717) is 17.9 Å². The van der Waals surface area contributed by atoms with Crippen molar-refractivity contribution in [3.05, 3.63) is 71.3 Å². The Morgan fingerprint density at radius 3 is 2.73 bits per heavy atom. The lowest BCUT2D eigenvalue weighted by Gasteiger charge is -2.24. The summed E-state index contributed by atoms with van der Waals surface area (Å²) >= 11 is 0. The highest BCUT2D eigenvalue weighted by molar-refractivity contribution is 6.07. The number of nitrogens with zero attached hydrogens (tertiary/aromatic N) is 1. The average molecular weight is 451 g/mol. The van der Waals surface area contributed by atoms with Crippen molar-refractivity contribution in [1.82, 2.24) is 10.2 Å². The lowest BCUT2D eigenvalue weighted by molar-refractivity contribution is -0.132. The third-order valence-corrected chi connectivity index (χ3v) is 6.38. The first-order valence-electron chi connectivity index (χ1n) is 11.2. The molecule has 1 aliphatic heterocycles. The molecule has 0 radical (unpaired) electrons. The maximum atomic E-state index is 13.2. The monoisotopic (exact) mass is 450 g/mol. The van der Waals surface area contributed by atoms with Gasteiger partial charge in [-0.1, -0.05) is 30.3 Å². The van der Waals surface area contributed by atoms with Crippen LogP contribution in [0.4, 0.5) is 4.79 Å². The van der Waals surface area contributed by atoms with Gasteiger partial charge in [-0.15, -0.1) is 6.58 Å². The van der Waals surface area contributed by atoms with Crippen molar-refractivity contribution in [3.63, 3.8) is 0 Å². The Morgan fingerprint density at radius 2 is 1.97 bits per heavy atom. The number of aryl methyl sites for hydroxylation is 2. The van der Waals surface area contributed by atoms with E-state index in [-0.39, 0.29) is 19.1 Å². The van der Waals surface area contributed by atoms with E-state index in [1.165, 1.54) is 11.1 Å². The molecule has 1 fully saturated rings. The fourth-order valence-electron chi connectivity index (χ4n) is 4.52. The highest BCUT2D eigenvalue weighted by Crippen LogP contribution is 2.33. The van der Waals surface area contributed by atoms with Crippen LogP contribution in [-0.4, -0.2) is 48.3 Å².